The minimum Gasteiger partial charge on any atom is -0.451 e. The van der Waals surface area contributed by atoms with Crippen LogP contribution in [0.25, 0.3) is 101 Å². The molecule has 0 aliphatic rings. The van der Waals surface area contributed by atoms with E-state index in [1.54, 1.807) is 6.33 Å². The number of rotatable bonds is 7. The Morgan fingerprint density at radius 3 is 1.31 bits per heavy atom. The Balaban J connectivity index is 1.12. The minimum absolute atomic E-state index is 0.554. The summed E-state index contributed by atoms with van der Waals surface area (Å²) in [5.74, 6) is 1.73. The van der Waals surface area contributed by atoms with Crippen LogP contribution in [0.15, 0.2) is 193 Å². The van der Waals surface area contributed by atoms with E-state index < -0.39 is 0 Å². The highest BCUT2D eigenvalue weighted by atomic mass is 16.3. The van der Waals surface area contributed by atoms with Crippen LogP contribution in [0.4, 0.5) is 0 Å². The van der Waals surface area contributed by atoms with Crippen LogP contribution in [0.5, 0.6) is 0 Å². The Morgan fingerprint density at radius 1 is 0.327 bits per heavy atom. The largest absolute Gasteiger partial charge is 0.451 e. The van der Waals surface area contributed by atoms with Crippen molar-refractivity contribution in [1.82, 2.24) is 24.9 Å². The fourth-order valence-corrected chi connectivity index (χ4v) is 7.15. The summed E-state index contributed by atoms with van der Waals surface area (Å²) in [5, 5.41) is 0.943. The van der Waals surface area contributed by atoms with Crippen molar-refractivity contribution in [2.24, 2.45) is 0 Å². The molecule has 0 saturated carbocycles. The lowest BCUT2D eigenvalue weighted by Crippen LogP contribution is -2.00. The second-order valence-electron chi connectivity index (χ2n) is 13.3. The highest BCUT2D eigenvalue weighted by molar-refractivity contribution is 6.10. The van der Waals surface area contributed by atoms with Crippen molar-refractivity contribution in [3.05, 3.63) is 188 Å². The first-order chi connectivity index (χ1) is 27.2. The van der Waals surface area contributed by atoms with Gasteiger partial charge >= 0.3 is 0 Å². The molecule has 0 spiro atoms. The van der Waals surface area contributed by atoms with Gasteiger partial charge in [0, 0.05) is 33.2 Å². The lowest BCUT2D eigenvalue weighted by molar-refractivity contribution is 0.668. The Kier molecular flexibility index (Phi) is 8.04. The first kappa shape index (κ1) is 32.1. The lowest BCUT2D eigenvalue weighted by Gasteiger charge is -2.11. The van der Waals surface area contributed by atoms with Crippen molar-refractivity contribution in [2.75, 3.05) is 0 Å². The van der Waals surface area contributed by atoms with Gasteiger partial charge in [-0.25, -0.2) is 24.9 Å². The van der Waals surface area contributed by atoms with Crippen LogP contribution < -0.4 is 0 Å². The summed E-state index contributed by atoms with van der Waals surface area (Å²) in [6.45, 7) is 0. The number of nitrogens with zero attached hydrogens (tertiary/aromatic N) is 5. The summed E-state index contributed by atoms with van der Waals surface area (Å²) >= 11 is 0. The van der Waals surface area contributed by atoms with Crippen LogP contribution in [0.2, 0.25) is 0 Å². The Hall–Kier alpha value is -7.57. The standard InChI is InChI=1S/C49H31N5O/c1-4-14-32(15-5-1)35-20-10-23-38(28-35)47-52-48(39-24-11-21-36(29-39)33-16-6-2-7-17-33)54-49(53-47)40-25-12-22-37(30-40)43-46-44(51-31-50-43)42-27-13-26-41(45(42)55-46)34-18-8-3-9-19-34/h1-31H. The molecule has 6 heteroatoms. The highest BCUT2D eigenvalue weighted by Crippen LogP contribution is 2.39. The zero-order valence-electron chi connectivity index (χ0n) is 29.5. The van der Waals surface area contributed by atoms with Gasteiger partial charge in [0.2, 0.25) is 0 Å². The normalized spacial score (nSPS) is 11.3. The fourth-order valence-electron chi connectivity index (χ4n) is 7.15. The molecule has 258 valence electrons. The maximum Gasteiger partial charge on any atom is 0.180 e. The molecule has 0 atom stereocenters. The molecule has 6 nitrogen and oxygen atoms in total. The molecule has 55 heavy (non-hydrogen) atoms. The fraction of sp³-hybridized carbons (Fsp3) is 0. The summed E-state index contributed by atoms with van der Waals surface area (Å²) in [5.41, 5.74) is 12.9. The van der Waals surface area contributed by atoms with Gasteiger partial charge in [-0.3, -0.25) is 0 Å². The molecule has 0 bridgehead atoms. The SMILES string of the molecule is c1ccc(-c2cccc(-c3nc(-c4cccc(-c5ccccc5)c4)nc(-c4cccc(-c5ncnc6c5oc5c(-c7ccccc7)cccc56)c4)n3)c2)cc1. The summed E-state index contributed by atoms with van der Waals surface area (Å²) in [7, 11) is 0. The molecule has 3 heterocycles. The van der Waals surface area contributed by atoms with Crippen molar-refractivity contribution in [2.45, 2.75) is 0 Å². The van der Waals surface area contributed by atoms with Gasteiger partial charge in [0.25, 0.3) is 0 Å². The monoisotopic (exact) mass is 705 g/mol. The van der Waals surface area contributed by atoms with Gasteiger partial charge < -0.3 is 4.42 Å². The molecule has 7 aromatic carbocycles. The lowest BCUT2D eigenvalue weighted by atomic mass is 10.0. The highest BCUT2D eigenvalue weighted by Gasteiger charge is 2.19. The molecule has 10 aromatic rings. The summed E-state index contributed by atoms with van der Waals surface area (Å²) < 4.78 is 6.65. The number of aromatic nitrogens is 5. The minimum atomic E-state index is 0.554. The van der Waals surface area contributed by atoms with E-state index in [9.17, 15) is 0 Å². The van der Waals surface area contributed by atoms with Crippen LogP contribution in [0.1, 0.15) is 0 Å². The van der Waals surface area contributed by atoms with Crippen LogP contribution >= 0.6 is 0 Å². The molecule has 10 rings (SSSR count). The average molecular weight is 706 g/mol. The number of para-hydroxylation sites is 1. The van der Waals surface area contributed by atoms with Crippen molar-refractivity contribution in [1.29, 1.82) is 0 Å². The summed E-state index contributed by atoms with van der Waals surface area (Å²) in [6, 6.07) is 61.9. The van der Waals surface area contributed by atoms with E-state index >= 15 is 0 Å². The van der Waals surface area contributed by atoms with Gasteiger partial charge in [-0.15, -0.1) is 0 Å². The van der Waals surface area contributed by atoms with Gasteiger partial charge in [0.05, 0.1) is 0 Å². The number of benzene rings is 7. The van der Waals surface area contributed by atoms with Gasteiger partial charge in [0.1, 0.15) is 23.1 Å². The maximum absolute atomic E-state index is 6.65. The van der Waals surface area contributed by atoms with E-state index in [0.717, 1.165) is 72.1 Å². The molecule has 3 aromatic heterocycles. The second-order valence-corrected chi connectivity index (χ2v) is 13.3. The first-order valence-corrected chi connectivity index (χ1v) is 18.2. The molecule has 0 saturated heterocycles. The Labute approximate surface area is 317 Å². The topological polar surface area (TPSA) is 77.6 Å². The molecular weight excluding hydrogens is 675 g/mol. The van der Waals surface area contributed by atoms with Crippen LogP contribution in [0, 0.1) is 0 Å². The van der Waals surface area contributed by atoms with Crippen LogP contribution in [-0.4, -0.2) is 24.9 Å². The predicted octanol–water partition coefficient (Wildman–Crippen LogP) is 12.2. The molecule has 0 unspecified atom stereocenters. The third-order valence-corrected chi connectivity index (χ3v) is 9.85. The molecule has 0 radical (unpaired) electrons. The van der Waals surface area contributed by atoms with E-state index in [-0.39, 0.29) is 0 Å². The predicted molar refractivity (Wildman–Crippen MR) is 221 cm³/mol. The van der Waals surface area contributed by atoms with Crippen LogP contribution in [-0.2, 0) is 0 Å². The zero-order chi connectivity index (χ0) is 36.6. The van der Waals surface area contributed by atoms with Gasteiger partial charge in [-0.05, 0) is 52.1 Å². The van der Waals surface area contributed by atoms with E-state index in [1.807, 2.05) is 97.1 Å². The van der Waals surface area contributed by atoms with E-state index in [2.05, 4.69) is 89.9 Å². The molecule has 0 fully saturated rings. The quantitative estimate of drug-likeness (QED) is 0.164. The van der Waals surface area contributed by atoms with Gasteiger partial charge in [-0.1, -0.05) is 158 Å². The van der Waals surface area contributed by atoms with Crippen molar-refractivity contribution >= 4 is 22.1 Å². The van der Waals surface area contributed by atoms with Gasteiger partial charge in [0.15, 0.2) is 23.1 Å². The number of hydrogen-bond donors (Lipinski definition) is 0. The zero-order valence-corrected chi connectivity index (χ0v) is 29.5. The van der Waals surface area contributed by atoms with Crippen molar-refractivity contribution < 1.29 is 4.42 Å². The summed E-state index contributed by atoms with van der Waals surface area (Å²) in [6.07, 6.45) is 1.60. The molecule has 0 amide bonds. The Morgan fingerprint density at radius 2 is 0.764 bits per heavy atom. The molecule has 0 aliphatic carbocycles. The average Bonchev–Trinajstić information content (AvgIpc) is 3.67. The number of fused-ring (bicyclic) bond motifs is 3. The second kappa shape index (κ2) is 13.8. The maximum atomic E-state index is 6.65. The van der Waals surface area contributed by atoms with Crippen molar-refractivity contribution in [3.63, 3.8) is 0 Å². The number of hydrogen-bond acceptors (Lipinski definition) is 6. The van der Waals surface area contributed by atoms with E-state index in [1.165, 1.54) is 0 Å². The summed E-state index contributed by atoms with van der Waals surface area (Å²) in [4.78, 5) is 24.8. The Bertz CT molecular complexity index is 2880. The number of furan rings is 1. The van der Waals surface area contributed by atoms with Gasteiger partial charge in [-0.2, -0.15) is 0 Å². The molecule has 0 N–H and O–H groups in total. The smallest absolute Gasteiger partial charge is 0.180 e. The third-order valence-electron chi connectivity index (χ3n) is 9.85. The third kappa shape index (κ3) is 6.11. The van der Waals surface area contributed by atoms with E-state index in [0.29, 0.717) is 28.8 Å². The first-order valence-electron chi connectivity index (χ1n) is 18.2. The molecular formula is C49H31N5O. The van der Waals surface area contributed by atoms with Crippen molar-refractivity contribution in [3.8, 4) is 78.8 Å². The molecule has 0 aliphatic heterocycles. The van der Waals surface area contributed by atoms with Crippen LogP contribution in [0.3, 0.4) is 0 Å². The van der Waals surface area contributed by atoms with E-state index in [4.69, 9.17) is 24.4 Å².